The number of carbonyl (C=O) groups is 2. The van der Waals surface area contributed by atoms with Crippen LogP contribution in [0.3, 0.4) is 0 Å². The molecular formula is C14H19FN2O3S. The largest absolute Gasteiger partial charge is 0.478 e. The first-order valence-electron chi connectivity index (χ1n) is 6.62. The summed E-state index contributed by atoms with van der Waals surface area (Å²) < 4.78 is 13.5. The van der Waals surface area contributed by atoms with Crippen molar-refractivity contribution >= 4 is 29.4 Å². The Bertz CT molecular complexity index is 511. The van der Waals surface area contributed by atoms with Gasteiger partial charge in [-0.2, -0.15) is 11.8 Å². The molecule has 116 valence electrons. The molecule has 0 radical (unpaired) electrons. The molecule has 1 unspecified atom stereocenters. The number of hydrogen-bond acceptors (Lipinski definition) is 3. The average molecular weight is 314 g/mol. The van der Waals surface area contributed by atoms with Gasteiger partial charge in [-0.05, 0) is 37.0 Å². The third kappa shape index (κ3) is 5.63. The van der Waals surface area contributed by atoms with E-state index in [1.165, 1.54) is 12.1 Å². The second-order valence-electron chi connectivity index (χ2n) is 4.45. The Hall–Kier alpha value is -1.76. The van der Waals surface area contributed by atoms with Gasteiger partial charge in [-0.3, -0.25) is 0 Å². The fourth-order valence-corrected chi connectivity index (χ4v) is 2.51. The van der Waals surface area contributed by atoms with Crippen LogP contribution in [0.15, 0.2) is 18.2 Å². The second kappa shape index (κ2) is 8.51. The molecule has 0 saturated heterocycles. The lowest BCUT2D eigenvalue weighted by atomic mass is 10.1. The Morgan fingerprint density at radius 1 is 1.43 bits per heavy atom. The van der Waals surface area contributed by atoms with Crippen LogP contribution < -0.4 is 10.6 Å². The number of carboxylic acids is 1. The van der Waals surface area contributed by atoms with E-state index in [9.17, 15) is 14.0 Å². The van der Waals surface area contributed by atoms with Crippen LogP contribution in [0.25, 0.3) is 0 Å². The van der Waals surface area contributed by atoms with E-state index < -0.39 is 23.4 Å². The highest BCUT2D eigenvalue weighted by molar-refractivity contribution is 7.99. The first-order valence-corrected chi connectivity index (χ1v) is 7.78. The number of halogens is 1. The molecule has 0 saturated carbocycles. The SMILES string of the molecule is CCSCCC(C)NC(=O)Nc1cccc(F)c1C(=O)O. The summed E-state index contributed by atoms with van der Waals surface area (Å²) in [5.41, 5.74) is -0.600. The van der Waals surface area contributed by atoms with Crippen LogP contribution in [0.2, 0.25) is 0 Å². The summed E-state index contributed by atoms with van der Waals surface area (Å²) in [6.07, 6.45) is 0.806. The Kier molecular flexibility index (Phi) is 7.01. The lowest BCUT2D eigenvalue weighted by Gasteiger charge is -2.15. The molecule has 1 aromatic carbocycles. The van der Waals surface area contributed by atoms with Gasteiger partial charge in [0, 0.05) is 6.04 Å². The standard InChI is InChI=1S/C14H19FN2O3S/c1-3-21-8-7-9(2)16-14(20)17-11-6-4-5-10(15)12(11)13(18)19/h4-6,9H,3,7-8H2,1-2H3,(H,18,19)(H2,16,17,20). The number of anilines is 1. The van der Waals surface area contributed by atoms with Gasteiger partial charge in [0.1, 0.15) is 11.4 Å². The molecule has 3 N–H and O–H groups in total. The van der Waals surface area contributed by atoms with Crippen molar-refractivity contribution in [2.45, 2.75) is 26.3 Å². The molecule has 7 heteroatoms. The summed E-state index contributed by atoms with van der Waals surface area (Å²) >= 11 is 1.78. The zero-order valence-corrected chi connectivity index (χ0v) is 12.8. The number of carbonyl (C=O) groups excluding carboxylic acids is 1. The van der Waals surface area contributed by atoms with E-state index in [4.69, 9.17) is 5.11 Å². The smallest absolute Gasteiger partial charge is 0.340 e. The first kappa shape index (κ1) is 17.3. The maximum absolute atomic E-state index is 13.5. The molecule has 0 aliphatic carbocycles. The minimum Gasteiger partial charge on any atom is -0.478 e. The Labute approximate surface area is 127 Å². The van der Waals surface area contributed by atoms with Crippen LogP contribution in [0.4, 0.5) is 14.9 Å². The molecule has 1 atom stereocenters. The number of amides is 2. The molecule has 1 aromatic rings. The van der Waals surface area contributed by atoms with Crippen molar-refractivity contribution in [3.63, 3.8) is 0 Å². The van der Waals surface area contributed by atoms with E-state index in [-0.39, 0.29) is 11.7 Å². The van der Waals surface area contributed by atoms with Crippen LogP contribution in [-0.2, 0) is 0 Å². The molecule has 0 spiro atoms. The third-order valence-electron chi connectivity index (χ3n) is 2.75. The van der Waals surface area contributed by atoms with Crippen LogP contribution in [0.5, 0.6) is 0 Å². The normalized spacial score (nSPS) is 11.8. The fourth-order valence-electron chi connectivity index (χ4n) is 1.70. The monoisotopic (exact) mass is 314 g/mol. The summed E-state index contributed by atoms with van der Waals surface area (Å²) in [7, 11) is 0. The maximum Gasteiger partial charge on any atom is 0.340 e. The van der Waals surface area contributed by atoms with Gasteiger partial charge in [-0.25, -0.2) is 14.0 Å². The number of benzene rings is 1. The highest BCUT2D eigenvalue weighted by Crippen LogP contribution is 2.18. The van der Waals surface area contributed by atoms with Crippen molar-refractivity contribution < 1.29 is 19.1 Å². The molecule has 0 aromatic heterocycles. The van der Waals surface area contributed by atoms with E-state index in [0.29, 0.717) is 0 Å². The van der Waals surface area contributed by atoms with Crippen molar-refractivity contribution in [2.24, 2.45) is 0 Å². The maximum atomic E-state index is 13.5. The summed E-state index contributed by atoms with van der Waals surface area (Å²) in [5, 5.41) is 14.0. The van der Waals surface area contributed by atoms with Crippen LogP contribution in [0, 0.1) is 5.82 Å². The molecule has 2 amide bonds. The predicted octanol–water partition coefficient (Wildman–Crippen LogP) is 3.18. The summed E-state index contributed by atoms with van der Waals surface area (Å²) in [6.45, 7) is 3.92. The van der Waals surface area contributed by atoms with Crippen molar-refractivity contribution in [1.82, 2.24) is 5.32 Å². The first-order chi connectivity index (χ1) is 9.95. The second-order valence-corrected chi connectivity index (χ2v) is 5.85. The van der Waals surface area contributed by atoms with Gasteiger partial charge in [0.05, 0.1) is 5.69 Å². The van der Waals surface area contributed by atoms with Gasteiger partial charge in [0.15, 0.2) is 0 Å². The number of carboxylic acid groups (broad SMARTS) is 1. The van der Waals surface area contributed by atoms with Crippen molar-refractivity contribution in [3.8, 4) is 0 Å². The minimum absolute atomic E-state index is 0.0501. The molecule has 0 aliphatic heterocycles. The number of hydrogen-bond donors (Lipinski definition) is 3. The van der Waals surface area contributed by atoms with E-state index >= 15 is 0 Å². The number of urea groups is 1. The lowest BCUT2D eigenvalue weighted by molar-refractivity contribution is 0.0693. The summed E-state index contributed by atoms with van der Waals surface area (Å²) in [5.74, 6) is -0.355. The highest BCUT2D eigenvalue weighted by Gasteiger charge is 2.17. The van der Waals surface area contributed by atoms with Crippen LogP contribution >= 0.6 is 11.8 Å². The predicted molar refractivity (Wildman–Crippen MR) is 82.6 cm³/mol. The molecule has 5 nitrogen and oxygen atoms in total. The van der Waals surface area contributed by atoms with Gasteiger partial charge in [0.25, 0.3) is 0 Å². The molecule has 21 heavy (non-hydrogen) atoms. The quantitative estimate of drug-likeness (QED) is 0.675. The number of nitrogens with one attached hydrogen (secondary N) is 2. The van der Waals surface area contributed by atoms with E-state index in [1.54, 1.807) is 11.8 Å². The zero-order valence-electron chi connectivity index (χ0n) is 12.0. The summed E-state index contributed by atoms with van der Waals surface area (Å²) in [4.78, 5) is 22.8. The van der Waals surface area contributed by atoms with E-state index in [0.717, 1.165) is 24.0 Å². The van der Waals surface area contributed by atoms with E-state index in [2.05, 4.69) is 17.6 Å². The fraction of sp³-hybridized carbons (Fsp3) is 0.429. The minimum atomic E-state index is -1.42. The number of aromatic carboxylic acids is 1. The van der Waals surface area contributed by atoms with Gasteiger partial charge in [0.2, 0.25) is 0 Å². The number of rotatable bonds is 7. The van der Waals surface area contributed by atoms with Crippen molar-refractivity contribution in [2.75, 3.05) is 16.8 Å². The summed E-state index contributed by atoms with van der Waals surface area (Å²) in [6, 6.07) is 3.14. The zero-order chi connectivity index (χ0) is 15.8. The average Bonchev–Trinajstić information content (AvgIpc) is 2.38. The molecule has 0 fully saturated rings. The van der Waals surface area contributed by atoms with Crippen LogP contribution in [0.1, 0.15) is 30.6 Å². The lowest BCUT2D eigenvalue weighted by Crippen LogP contribution is -2.36. The van der Waals surface area contributed by atoms with Gasteiger partial charge in [-0.1, -0.05) is 13.0 Å². The van der Waals surface area contributed by atoms with E-state index in [1.807, 2.05) is 6.92 Å². The van der Waals surface area contributed by atoms with Crippen molar-refractivity contribution in [3.05, 3.63) is 29.6 Å². The molecular weight excluding hydrogens is 295 g/mol. The Balaban J connectivity index is 2.63. The molecule has 0 aliphatic rings. The Morgan fingerprint density at radius 3 is 2.76 bits per heavy atom. The number of thioether (sulfide) groups is 1. The highest BCUT2D eigenvalue weighted by atomic mass is 32.2. The van der Waals surface area contributed by atoms with Crippen LogP contribution in [-0.4, -0.2) is 34.7 Å². The molecule has 0 heterocycles. The third-order valence-corrected chi connectivity index (χ3v) is 3.69. The van der Waals surface area contributed by atoms with Gasteiger partial charge in [-0.15, -0.1) is 0 Å². The van der Waals surface area contributed by atoms with Gasteiger partial charge >= 0.3 is 12.0 Å². The topological polar surface area (TPSA) is 78.4 Å². The van der Waals surface area contributed by atoms with Gasteiger partial charge < -0.3 is 15.7 Å². The molecule has 1 rings (SSSR count). The molecule has 0 bridgehead atoms. The van der Waals surface area contributed by atoms with Crippen molar-refractivity contribution in [1.29, 1.82) is 0 Å². The Morgan fingerprint density at radius 2 is 2.14 bits per heavy atom.